The largest absolute Gasteiger partial charge is 0.507 e. The Morgan fingerprint density at radius 3 is 2.86 bits per heavy atom. The van der Waals surface area contributed by atoms with Crippen LogP contribution in [0.3, 0.4) is 0 Å². The summed E-state index contributed by atoms with van der Waals surface area (Å²) in [5.41, 5.74) is 1.39. The molecular formula is C10H12N2O2. The number of aromatic hydroxyl groups is 1. The number of nitrogens with zero attached hydrogens (tertiary/aromatic N) is 2. The maximum atomic E-state index is 9.63. The van der Waals surface area contributed by atoms with Crippen molar-refractivity contribution in [3.05, 3.63) is 23.9 Å². The number of aliphatic hydroxyl groups is 1. The van der Waals surface area contributed by atoms with Gasteiger partial charge in [0.1, 0.15) is 5.75 Å². The van der Waals surface area contributed by atoms with E-state index in [9.17, 15) is 10.2 Å². The second-order valence-electron chi connectivity index (χ2n) is 3.09. The third-order valence-corrected chi connectivity index (χ3v) is 2.30. The van der Waals surface area contributed by atoms with Gasteiger partial charge in [-0.15, -0.1) is 0 Å². The minimum absolute atomic E-state index is 0.109. The number of rotatable bonds is 2. The van der Waals surface area contributed by atoms with Gasteiger partial charge in [-0.2, -0.15) is 5.10 Å². The van der Waals surface area contributed by atoms with Crippen molar-refractivity contribution in [3.8, 4) is 5.75 Å². The van der Waals surface area contributed by atoms with E-state index in [0.717, 1.165) is 5.52 Å². The van der Waals surface area contributed by atoms with Crippen LogP contribution in [0.5, 0.6) is 5.75 Å². The lowest BCUT2D eigenvalue weighted by molar-refractivity contribution is 0.269. The van der Waals surface area contributed by atoms with Crippen LogP contribution in [0.2, 0.25) is 0 Å². The number of benzene rings is 1. The fourth-order valence-electron chi connectivity index (χ4n) is 1.65. The minimum Gasteiger partial charge on any atom is -0.507 e. The van der Waals surface area contributed by atoms with Crippen molar-refractivity contribution in [2.45, 2.75) is 20.1 Å². The molecule has 1 heterocycles. The molecule has 0 aliphatic rings. The van der Waals surface area contributed by atoms with Gasteiger partial charge < -0.3 is 10.2 Å². The van der Waals surface area contributed by atoms with E-state index in [-0.39, 0.29) is 12.4 Å². The topological polar surface area (TPSA) is 58.3 Å². The molecule has 2 aromatic rings. The number of phenols is 1. The quantitative estimate of drug-likeness (QED) is 0.753. The molecule has 0 bridgehead atoms. The van der Waals surface area contributed by atoms with Crippen molar-refractivity contribution in [2.75, 3.05) is 0 Å². The van der Waals surface area contributed by atoms with E-state index in [2.05, 4.69) is 5.10 Å². The SMILES string of the molecule is CCn1nc2cccc(O)c2c1CO. The van der Waals surface area contributed by atoms with Gasteiger partial charge in [0, 0.05) is 6.54 Å². The summed E-state index contributed by atoms with van der Waals surface area (Å²) in [5, 5.41) is 23.7. The summed E-state index contributed by atoms with van der Waals surface area (Å²) in [6.07, 6.45) is 0. The third-order valence-electron chi connectivity index (χ3n) is 2.30. The average Bonchev–Trinajstić information content (AvgIpc) is 2.56. The Labute approximate surface area is 81.4 Å². The molecule has 0 saturated carbocycles. The predicted octanol–water partition coefficient (Wildman–Crippen LogP) is 1.25. The molecule has 0 fully saturated rings. The molecule has 0 radical (unpaired) electrons. The van der Waals surface area contributed by atoms with Crippen molar-refractivity contribution in [2.24, 2.45) is 0 Å². The highest BCUT2D eigenvalue weighted by Gasteiger charge is 2.11. The molecule has 1 aromatic heterocycles. The van der Waals surface area contributed by atoms with Gasteiger partial charge in [0.05, 0.1) is 23.2 Å². The first-order valence-electron chi connectivity index (χ1n) is 4.56. The zero-order valence-electron chi connectivity index (χ0n) is 7.94. The lowest BCUT2D eigenvalue weighted by Gasteiger charge is -2.00. The summed E-state index contributed by atoms with van der Waals surface area (Å²) in [5.74, 6) is 0.172. The number of aryl methyl sites for hydroxylation is 1. The van der Waals surface area contributed by atoms with Crippen molar-refractivity contribution >= 4 is 10.9 Å². The Morgan fingerprint density at radius 1 is 1.43 bits per heavy atom. The zero-order valence-corrected chi connectivity index (χ0v) is 7.94. The van der Waals surface area contributed by atoms with E-state index < -0.39 is 0 Å². The second-order valence-corrected chi connectivity index (χ2v) is 3.09. The molecule has 14 heavy (non-hydrogen) atoms. The van der Waals surface area contributed by atoms with Crippen LogP contribution in [0.15, 0.2) is 18.2 Å². The maximum Gasteiger partial charge on any atom is 0.126 e. The van der Waals surface area contributed by atoms with E-state index in [1.807, 2.05) is 13.0 Å². The molecule has 2 N–H and O–H groups in total. The van der Waals surface area contributed by atoms with E-state index in [1.54, 1.807) is 16.8 Å². The maximum absolute atomic E-state index is 9.63. The Balaban J connectivity index is 2.81. The molecule has 4 heteroatoms. The number of hydrogen-bond acceptors (Lipinski definition) is 3. The van der Waals surface area contributed by atoms with E-state index in [4.69, 9.17) is 0 Å². The third kappa shape index (κ3) is 1.15. The lowest BCUT2D eigenvalue weighted by atomic mass is 10.2. The first-order chi connectivity index (χ1) is 6.77. The van der Waals surface area contributed by atoms with Crippen molar-refractivity contribution in [3.63, 3.8) is 0 Å². The van der Waals surface area contributed by atoms with Crippen molar-refractivity contribution < 1.29 is 10.2 Å². The molecule has 0 saturated heterocycles. The van der Waals surface area contributed by atoms with Crippen molar-refractivity contribution in [1.82, 2.24) is 9.78 Å². The van der Waals surface area contributed by atoms with Crippen LogP contribution in [-0.2, 0) is 13.2 Å². The summed E-state index contributed by atoms with van der Waals surface area (Å²) in [6.45, 7) is 2.52. The zero-order chi connectivity index (χ0) is 10.1. The molecular weight excluding hydrogens is 180 g/mol. The molecule has 0 amide bonds. The molecule has 1 aromatic carbocycles. The average molecular weight is 192 g/mol. The van der Waals surface area contributed by atoms with Gasteiger partial charge in [-0.25, -0.2) is 0 Å². The van der Waals surface area contributed by atoms with Gasteiger partial charge in [0.15, 0.2) is 0 Å². The summed E-state index contributed by atoms with van der Waals surface area (Å²) < 4.78 is 1.70. The van der Waals surface area contributed by atoms with Crippen LogP contribution < -0.4 is 0 Å². The normalized spacial score (nSPS) is 11.0. The van der Waals surface area contributed by atoms with Crippen LogP contribution in [0, 0.1) is 0 Å². The van der Waals surface area contributed by atoms with Gasteiger partial charge in [-0.1, -0.05) is 6.07 Å². The van der Waals surface area contributed by atoms with E-state index in [0.29, 0.717) is 17.6 Å². The molecule has 0 aliphatic heterocycles. The highest BCUT2D eigenvalue weighted by molar-refractivity contribution is 5.87. The highest BCUT2D eigenvalue weighted by atomic mass is 16.3. The molecule has 4 nitrogen and oxygen atoms in total. The Kier molecular flexibility index (Phi) is 2.13. The molecule has 0 atom stereocenters. The Bertz CT molecular complexity index is 462. The van der Waals surface area contributed by atoms with Gasteiger partial charge in [-0.05, 0) is 19.1 Å². The first-order valence-corrected chi connectivity index (χ1v) is 4.56. The first kappa shape index (κ1) is 9.02. The standard InChI is InChI=1S/C10H12N2O2/c1-2-12-8(6-13)10-7(11-12)4-3-5-9(10)14/h3-5,13-14H,2,6H2,1H3. The minimum atomic E-state index is -0.109. The van der Waals surface area contributed by atoms with Gasteiger partial charge >= 0.3 is 0 Å². The number of aliphatic hydroxyl groups excluding tert-OH is 1. The fraction of sp³-hybridized carbons (Fsp3) is 0.300. The summed E-state index contributed by atoms with van der Waals surface area (Å²) in [6, 6.07) is 5.16. The van der Waals surface area contributed by atoms with Crippen LogP contribution in [0.1, 0.15) is 12.6 Å². The fourth-order valence-corrected chi connectivity index (χ4v) is 1.65. The van der Waals surface area contributed by atoms with Gasteiger partial charge in [0.25, 0.3) is 0 Å². The van der Waals surface area contributed by atoms with Gasteiger partial charge in [0.2, 0.25) is 0 Å². The summed E-state index contributed by atoms with van der Waals surface area (Å²) in [4.78, 5) is 0. The summed E-state index contributed by atoms with van der Waals surface area (Å²) in [7, 11) is 0. The number of fused-ring (bicyclic) bond motifs is 1. The lowest BCUT2D eigenvalue weighted by Crippen LogP contribution is -2.01. The van der Waals surface area contributed by atoms with Crippen molar-refractivity contribution in [1.29, 1.82) is 0 Å². The number of phenolic OH excluding ortho intramolecular Hbond substituents is 1. The molecule has 2 rings (SSSR count). The number of hydrogen-bond donors (Lipinski definition) is 2. The molecule has 74 valence electrons. The van der Waals surface area contributed by atoms with Crippen LogP contribution in [0.25, 0.3) is 10.9 Å². The van der Waals surface area contributed by atoms with Gasteiger partial charge in [-0.3, -0.25) is 4.68 Å². The molecule has 0 aliphatic carbocycles. The van der Waals surface area contributed by atoms with Crippen LogP contribution in [-0.4, -0.2) is 20.0 Å². The predicted molar refractivity (Wildman–Crippen MR) is 53.0 cm³/mol. The summed E-state index contributed by atoms with van der Waals surface area (Å²) >= 11 is 0. The monoisotopic (exact) mass is 192 g/mol. The molecule has 0 spiro atoms. The number of aromatic nitrogens is 2. The molecule has 0 unspecified atom stereocenters. The van der Waals surface area contributed by atoms with E-state index >= 15 is 0 Å². The smallest absolute Gasteiger partial charge is 0.126 e. The van der Waals surface area contributed by atoms with Crippen LogP contribution in [0.4, 0.5) is 0 Å². The highest BCUT2D eigenvalue weighted by Crippen LogP contribution is 2.27. The van der Waals surface area contributed by atoms with Crippen LogP contribution >= 0.6 is 0 Å². The van der Waals surface area contributed by atoms with E-state index in [1.165, 1.54) is 0 Å². The second kappa shape index (κ2) is 3.31. The Hall–Kier alpha value is -1.55. The Morgan fingerprint density at radius 2 is 2.21 bits per heavy atom.